The summed E-state index contributed by atoms with van der Waals surface area (Å²) in [6.45, 7) is 0. The van der Waals surface area contributed by atoms with E-state index in [0.29, 0.717) is 12.0 Å². The fraction of sp³-hybridized carbons (Fsp3) is 0.294. The second-order valence-corrected chi connectivity index (χ2v) is 8.10. The highest BCUT2D eigenvalue weighted by atomic mass is 32.2. The van der Waals surface area contributed by atoms with Crippen molar-refractivity contribution in [3.05, 3.63) is 59.7 Å². The van der Waals surface area contributed by atoms with E-state index in [-0.39, 0.29) is 23.1 Å². The fourth-order valence-corrected chi connectivity index (χ4v) is 4.86. The maximum Gasteiger partial charge on any atom is 0.181 e. The van der Waals surface area contributed by atoms with Crippen molar-refractivity contribution in [2.45, 2.75) is 29.4 Å². The molecular formula is C17H19NO4S. The van der Waals surface area contributed by atoms with Gasteiger partial charge in [-0.2, -0.15) is 0 Å². The number of aliphatic hydroxyl groups is 1. The summed E-state index contributed by atoms with van der Waals surface area (Å²) >= 11 is 0. The minimum atomic E-state index is -3.72. The third-order valence-electron chi connectivity index (χ3n) is 4.23. The van der Waals surface area contributed by atoms with Crippen molar-refractivity contribution in [2.24, 2.45) is 5.73 Å². The van der Waals surface area contributed by atoms with Gasteiger partial charge >= 0.3 is 0 Å². The number of sulfone groups is 1. The molecule has 5 nitrogen and oxygen atoms in total. The van der Waals surface area contributed by atoms with E-state index >= 15 is 0 Å². The molecule has 3 rings (SSSR count). The van der Waals surface area contributed by atoms with E-state index in [9.17, 15) is 18.6 Å². The van der Waals surface area contributed by atoms with Gasteiger partial charge < -0.3 is 15.9 Å². The largest absolute Gasteiger partial charge is 0.508 e. The number of rotatable bonds is 3. The van der Waals surface area contributed by atoms with E-state index in [2.05, 4.69) is 0 Å². The number of phenols is 1. The lowest BCUT2D eigenvalue weighted by molar-refractivity contribution is 0.0362. The normalized spacial score (nSPS) is 24.2. The van der Waals surface area contributed by atoms with Crippen molar-refractivity contribution >= 4 is 9.84 Å². The summed E-state index contributed by atoms with van der Waals surface area (Å²) in [6, 6.07) is 12.3. The van der Waals surface area contributed by atoms with Crippen LogP contribution < -0.4 is 5.73 Å². The Kier molecular flexibility index (Phi) is 3.91. The number of benzene rings is 2. The van der Waals surface area contributed by atoms with Crippen LogP contribution in [0.4, 0.5) is 0 Å². The lowest BCUT2D eigenvalue weighted by atomic mass is 9.78. The maximum absolute atomic E-state index is 12.7. The second kappa shape index (κ2) is 5.63. The van der Waals surface area contributed by atoms with Gasteiger partial charge in [0.05, 0.1) is 10.6 Å². The quantitative estimate of drug-likeness (QED) is 0.787. The lowest BCUT2D eigenvalue weighted by Crippen LogP contribution is -2.45. The first-order valence-electron chi connectivity index (χ1n) is 7.38. The molecule has 0 amide bonds. The summed E-state index contributed by atoms with van der Waals surface area (Å²) in [5.74, 6) is -0.442. The molecule has 0 fully saturated rings. The highest BCUT2D eigenvalue weighted by Crippen LogP contribution is 2.37. The molecule has 0 bridgehead atoms. The number of aromatic hydroxyl groups is 1. The summed E-state index contributed by atoms with van der Waals surface area (Å²) in [5.41, 5.74) is 6.02. The van der Waals surface area contributed by atoms with Crippen LogP contribution in [0.5, 0.6) is 5.75 Å². The van der Waals surface area contributed by atoms with Crippen LogP contribution in [0, 0.1) is 0 Å². The smallest absolute Gasteiger partial charge is 0.181 e. The molecule has 0 aromatic heterocycles. The van der Waals surface area contributed by atoms with Crippen LogP contribution in [0.3, 0.4) is 0 Å². The third kappa shape index (κ3) is 3.10. The molecule has 0 spiro atoms. The summed E-state index contributed by atoms with van der Waals surface area (Å²) in [7, 11) is -3.72. The number of hydrogen-bond acceptors (Lipinski definition) is 5. The van der Waals surface area contributed by atoms with E-state index in [1.807, 2.05) is 12.1 Å². The van der Waals surface area contributed by atoms with Crippen molar-refractivity contribution in [1.29, 1.82) is 0 Å². The first-order valence-corrected chi connectivity index (χ1v) is 9.03. The van der Waals surface area contributed by atoms with Crippen LogP contribution in [-0.4, -0.2) is 30.4 Å². The van der Waals surface area contributed by atoms with Gasteiger partial charge in [0, 0.05) is 6.04 Å². The summed E-state index contributed by atoms with van der Waals surface area (Å²) < 4.78 is 25.3. The summed E-state index contributed by atoms with van der Waals surface area (Å²) in [6.07, 6.45) is 0.819. The van der Waals surface area contributed by atoms with E-state index in [0.717, 1.165) is 5.56 Å². The monoisotopic (exact) mass is 333 g/mol. The van der Waals surface area contributed by atoms with Crippen LogP contribution >= 0.6 is 0 Å². The molecule has 6 heteroatoms. The molecule has 2 aromatic carbocycles. The molecule has 122 valence electrons. The zero-order valence-electron chi connectivity index (χ0n) is 12.5. The SMILES string of the molecule is N[C@H]1Cc2ccccc2[C@](O)(CS(=O)(=O)c2ccc(O)cc2)C1. The van der Waals surface area contributed by atoms with E-state index in [1.54, 1.807) is 12.1 Å². The average Bonchev–Trinajstić information content (AvgIpc) is 2.46. The van der Waals surface area contributed by atoms with Crippen molar-refractivity contribution in [1.82, 2.24) is 0 Å². The van der Waals surface area contributed by atoms with Crippen LogP contribution in [0.15, 0.2) is 53.4 Å². The number of phenolic OH excluding ortho intramolecular Hbond substituents is 1. The third-order valence-corrected chi connectivity index (χ3v) is 6.07. The average molecular weight is 333 g/mol. The van der Waals surface area contributed by atoms with Crippen LogP contribution in [0.25, 0.3) is 0 Å². The molecule has 1 aliphatic carbocycles. The standard InChI is InChI=1S/C17H19NO4S/c18-13-9-12-3-1-2-4-16(12)17(20,10-13)11-23(21,22)15-7-5-14(19)6-8-15/h1-8,13,19-20H,9-11,18H2/t13-,17+/m0/s1. The Hall–Kier alpha value is -1.89. The Morgan fingerprint density at radius 2 is 1.78 bits per heavy atom. The van der Waals surface area contributed by atoms with Gasteiger partial charge in [0.1, 0.15) is 11.4 Å². The summed E-state index contributed by atoms with van der Waals surface area (Å²) in [4.78, 5) is 0.0698. The molecule has 0 saturated heterocycles. The number of fused-ring (bicyclic) bond motifs is 1. The molecule has 0 saturated carbocycles. The number of nitrogens with two attached hydrogens (primary N) is 1. The zero-order valence-corrected chi connectivity index (χ0v) is 13.3. The van der Waals surface area contributed by atoms with Gasteiger partial charge in [-0.25, -0.2) is 8.42 Å². The van der Waals surface area contributed by atoms with Crippen LogP contribution in [0.2, 0.25) is 0 Å². The molecule has 0 radical (unpaired) electrons. The van der Waals surface area contributed by atoms with Gasteiger partial charge in [0.15, 0.2) is 9.84 Å². The Morgan fingerprint density at radius 1 is 1.13 bits per heavy atom. The molecule has 2 atom stereocenters. The van der Waals surface area contributed by atoms with Gasteiger partial charge in [0.25, 0.3) is 0 Å². The van der Waals surface area contributed by atoms with Crippen LogP contribution in [0.1, 0.15) is 17.5 Å². The molecule has 0 aliphatic heterocycles. The van der Waals surface area contributed by atoms with Crippen molar-refractivity contribution < 1.29 is 18.6 Å². The number of hydrogen-bond donors (Lipinski definition) is 3. The molecule has 0 heterocycles. The van der Waals surface area contributed by atoms with Crippen molar-refractivity contribution in [3.8, 4) is 5.75 Å². The minimum Gasteiger partial charge on any atom is -0.508 e. The zero-order chi connectivity index (χ0) is 16.7. The van der Waals surface area contributed by atoms with Crippen molar-refractivity contribution in [3.63, 3.8) is 0 Å². The Morgan fingerprint density at radius 3 is 2.48 bits per heavy atom. The van der Waals surface area contributed by atoms with E-state index in [1.165, 1.54) is 24.3 Å². The molecule has 1 aliphatic rings. The molecule has 4 N–H and O–H groups in total. The van der Waals surface area contributed by atoms with Gasteiger partial charge in [-0.05, 0) is 48.2 Å². The predicted molar refractivity (Wildman–Crippen MR) is 86.8 cm³/mol. The lowest BCUT2D eigenvalue weighted by Gasteiger charge is -2.37. The van der Waals surface area contributed by atoms with Gasteiger partial charge in [-0.3, -0.25) is 0 Å². The first-order chi connectivity index (χ1) is 10.8. The maximum atomic E-state index is 12.7. The van der Waals surface area contributed by atoms with E-state index < -0.39 is 21.2 Å². The fourth-order valence-electron chi connectivity index (χ4n) is 3.24. The molecular weight excluding hydrogens is 314 g/mol. The Bertz CT molecular complexity index is 817. The Labute approximate surface area is 135 Å². The van der Waals surface area contributed by atoms with Gasteiger partial charge in [0.2, 0.25) is 0 Å². The minimum absolute atomic E-state index is 0.00676. The molecule has 0 unspecified atom stereocenters. The molecule has 23 heavy (non-hydrogen) atoms. The second-order valence-electron chi connectivity index (χ2n) is 6.11. The molecule has 2 aromatic rings. The highest BCUT2D eigenvalue weighted by molar-refractivity contribution is 7.91. The van der Waals surface area contributed by atoms with Crippen molar-refractivity contribution in [2.75, 3.05) is 5.75 Å². The van der Waals surface area contributed by atoms with E-state index in [4.69, 9.17) is 5.73 Å². The van der Waals surface area contributed by atoms with Gasteiger partial charge in [-0.1, -0.05) is 24.3 Å². The highest BCUT2D eigenvalue weighted by Gasteiger charge is 2.41. The summed E-state index contributed by atoms with van der Waals surface area (Å²) in [5, 5.41) is 20.3. The topological polar surface area (TPSA) is 101 Å². The predicted octanol–water partition coefficient (Wildman–Crippen LogP) is 1.33. The van der Waals surface area contributed by atoms with Crippen LogP contribution in [-0.2, 0) is 21.9 Å². The Balaban J connectivity index is 1.99. The first kappa shape index (κ1) is 16.0. The van der Waals surface area contributed by atoms with Gasteiger partial charge in [-0.15, -0.1) is 0 Å².